The van der Waals surface area contributed by atoms with E-state index in [4.69, 9.17) is 4.74 Å². The number of piperazine rings is 1. The summed E-state index contributed by atoms with van der Waals surface area (Å²) >= 11 is 0. The lowest BCUT2D eigenvalue weighted by Gasteiger charge is -2.34. The van der Waals surface area contributed by atoms with Crippen LogP contribution in [-0.4, -0.2) is 91.4 Å². The molecule has 0 aromatic heterocycles. The van der Waals surface area contributed by atoms with Crippen molar-refractivity contribution in [2.45, 2.75) is 38.5 Å². The number of carbonyl (C=O) groups excluding carboxylic acids is 3. The van der Waals surface area contributed by atoms with Gasteiger partial charge in [-0.25, -0.2) is 0 Å². The lowest BCUT2D eigenvalue weighted by atomic mass is 10.1. The Kier molecular flexibility index (Phi) is 8.58. The van der Waals surface area contributed by atoms with Gasteiger partial charge < -0.3 is 24.3 Å². The highest BCUT2D eigenvalue weighted by Gasteiger charge is 2.29. The quantitative estimate of drug-likeness (QED) is 0.499. The van der Waals surface area contributed by atoms with Crippen LogP contribution in [0.4, 0.5) is 5.69 Å². The number of amides is 3. The molecular formula is C30H38N4O4. The predicted octanol–water partition coefficient (Wildman–Crippen LogP) is 3.67. The minimum Gasteiger partial charge on any atom is -0.494 e. The molecule has 0 aliphatic carbocycles. The molecule has 5 rings (SSSR count). The summed E-state index contributed by atoms with van der Waals surface area (Å²) in [5.41, 5.74) is 1.89. The summed E-state index contributed by atoms with van der Waals surface area (Å²) in [6.07, 6.45) is 7.36. The zero-order valence-electron chi connectivity index (χ0n) is 22.1. The van der Waals surface area contributed by atoms with Gasteiger partial charge in [0.2, 0.25) is 5.91 Å². The minimum atomic E-state index is -0.190. The van der Waals surface area contributed by atoms with Gasteiger partial charge >= 0.3 is 0 Å². The number of anilines is 1. The molecule has 3 fully saturated rings. The molecule has 2 aromatic carbocycles. The van der Waals surface area contributed by atoms with Crippen LogP contribution in [0.15, 0.2) is 48.5 Å². The van der Waals surface area contributed by atoms with E-state index in [0.717, 1.165) is 43.9 Å². The summed E-state index contributed by atoms with van der Waals surface area (Å²) in [7, 11) is 0. The molecule has 3 saturated heterocycles. The summed E-state index contributed by atoms with van der Waals surface area (Å²) in [5, 5.41) is 0. The number of benzene rings is 2. The standard InChI is InChI=1S/C30H38N4O4/c35-28-23-33(30(37)25-9-7-24(8-10-25)29(36)32-18-5-19-32)20-21-34(28)26-11-13-27(14-12-26)38-22-6-17-31-15-3-1-2-4-16-31/h7-14H,1-6,15-23H2. The highest BCUT2D eigenvalue weighted by Crippen LogP contribution is 2.23. The van der Waals surface area contributed by atoms with Crippen LogP contribution in [0.2, 0.25) is 0 Å². The molecule has 202 valence electrons. The van der Waals surface area contributed by atoms with Crippen molar-refractivity contribution in [3.8, 4) is 5.75 Å². The zero-order chi connectivity index (χ0) is 26.3. The van der Waals surface area contributed by atoms with E-state index in [1.165, 1.54) is 38.8 Å². The number of hydrogen-bond acceptors (Lipinski definition) is 5. The van der Waals surface area contributed by atoms with Crippen molar-refractivity contribution in [3.05, 3.63) is 59.7 Å². The van der Waals surface area contributed by atoms with E-state index in [9.17, 15) is 14.4 Å². The maximum atomic E-state index is 13.0. The topological polar surface area (TPSA) is 73.4 Å². The molecule has 2 aromatic rings. The van der Waals surface area contributed by atoms with Gasteiger partial charge in [0.1, 0.15) is 12.3 Å². The maximum absolute atomic E-state index is 13.0. The van der Waals surface area contributed by atoms with E-state index in [-0.39, 0.29) is 24.3 Å². The molecule has 0 atom stereocenters. The van der Waals surface area contributed by atoms with Crippen LogP contribution in [-0.2, 0) is 4.79 Å². The smallest absolute Gasteiger partial charge is 0.254 e. The third kappa shape index (κ3) is 6.35. The molecule has 0 N–H and O–H groups in total. The van der Waals surface area contributed by atoms with Gasteiger partial charge in [-0.1, -0.05) is 12.8 Å². The summed E-state index contributed by atoms with van der Waals surface area (Å²) < 4.78 is 5.93. The number of likely N-dealkylation sites (tertiary alicyclic amines) is 2. The first-order chi connectivity index (χ1) is 18.6. The van der Waals surface area contributed by atoms with Crippen molar-refractivity contribution in [2.75, 3.05) is 63.9 Å². The van der Waals surface area contributed by atoms with Crippen LogP contribution in [0.1, 0.15) is 59.2 Å². The monoisotopic (exact) mass is 518 g/mol. The molecule has 38 heavy (non-hydrogen) atoms. The number of nitrogens with zero attached hydrogens (tertiary/aromatic N) is 4. The largest absolute Gasteiger partial charge is 0.494 e. The van der Waals surface area contributed by atoms with Gasteiger partial charge in [0.05, 0.1) is 6.61 Å². The molecular weight excluding hydrogens is 480 g/mol. The molecule has 3 amide bonds. The third-order valence-corrected chi connectivity index (χ3v) is 7.76. The van der Waals surface area contributed by atoms with Crippen molar-refractivity contribution in [1.29, 1.82) is 0 Å². The van der Waals surface area contributed by atoms with Crippen LogP contribution in [0.5, 0.6) is 5.75 Å². The number of ether oxygens (including phenoxy) is 1. The van der Waals surface area contributed by atoms with Crippen LogP contribution < -0.4 is 9.64 Å². The van der Waals surface area contributed by atoms with Gasteiger partial charge in [-0.15, -0.1) is 0 Å². The van der Waals surface area contributed by atoms with Crippen LogP contribution in [0.3, 0.4) is 0 Å². The van der Waals surface area contributed by atoms with Crippen LogP contribution >= 0.6 is 0 Å². The van der Waals surface area contributed by atoms with Gasteiger partial charge in [-0.3, -0.25) is 14.4 Å². The van der Waals surface area contributed by atoms with Crippen molar-refractivity contribution in [2.24, 2.45) is 0 Å². The molecule has 0 bridgehead atoms. The fourth-order valence-corrected chi connectivity index (χ4v) is 5.32. The predicted molar refractivity (Wildman–Crippen MR) is 147 cm³/mol. The first-order valence-electron chi connectivity index (χ1n) is 14.0. The van der Waals surface area contributed by atoms with Gasteiger partial charge in [-0.2, -0.15) is 0 Å². The average molecular weight is 519 g/mol. The first kappa shape index (κ1) is 26.2. The van der Waals surface area contributed by atoms with Gasteiger partial charge in [0.15, 0.2) is 0 Å². The van der Waals surface area contributed by atoms with E-state index >= 15 is 0 Å². The van der Waals surface area contributed by atoms with Crippen LogP contribution in [0.25, 0.3) is 0 Å². The molecule has 0 spiro atoms. The zero-order valence-corrected chi connectivity index (χ0v) is 22.1. The summed E-state index contributed by atoms with van der Waals surface area (Å²) in [5.74, 6) is 0.510. The normalized spacial score (nSPS) is 18.6. The Labute approximate surface area is 225 Å². The molecule has 8 nitrogen and oxygen atoms in total. The molecule has 8 heteroatoms. The fraction of sp³-hybridized carbons (Fsp3) is 0.500. The highest BCUT2D eigenvalue weighted by molar-refractivity contribution is 6.02. The molecule has 0 unspecified atom stereocenters. The van der Waals surface area contributed by atoms with E-state index in [1.54, 1.807) is 39.0 Å². The Balaban J connectivity index is 1.08. The minimum absolute atomic E-state index is 0.00304. The van der Waals surface area contributed by atoms with E-state index in [0.29, 0.717) is 30.8 Å². The fourth-order valence-electron chi connectivity index (χ4n) is 5.32. The third-order valence-electron chi connectivity index (χ3n) is 7.76. The van der Waals surface area contributed by atoms with Gasteiger partial charge in [-0.05, 0) is 87.3 Å². The van der Waals surface area contributed by atoms with Crippen molar-refractivity contribution < 1.29 is 19.1 Å². The number of rotatable bonds is 8. The number of carbonyl (C=O) groups is 3. The summed E-state index contributed by atoms with van der Waals surface area (Å²) in [6.45, 7) is 6.67. The SMILES string of the molecule is O=C(c1ccc(C(=O)N2CCN(c3ccc(OCCCN4CCCCCC4)cc3)C(=O)C2)cc1)N1CCC1. The Morgan fingerprint density at radius 1 is 0.684 bits per heavy atom. The second kappa shape index (κ2) is 12.4. The van der Waals surface area contributed by atoms with E-state index in [1.807, 2.05) is 24.3 Å². The summed E-state index contributed by atoms with van der Waals surface area (Å²) in [4.78, 5) is 45.9. The van der Waals surface area contributed by atoms with E-state index in [2.05, 4.69) is 4.90 Å². The molecule has 3 aliphatic heterocycles. The molecule has 0 saturated carbocycles. The Bertz CT molecular complexity index is 1110. The van der Waals surface area contributed by atoms with E-state index < -0.39 is 0 Å². The Morgan fingerprint density at radius 2 is 1.32 bits per heavy atom. The Morgan fingerprint density at radius 3 is 1.89 bits per heavy atom. The van der Waals surface area contributed by atoms with Crippen molar-refractivity contribution in [1.82, 2.24) is 14.7 Å². The highest BCUT2D eigenvalue weighted by atomic mass is 16.5. The average Bonchev–Trinajstić information content (AvgIpc) is 3.19. The molecule has 3 heterocycles. The lowest BCUT2D eigenvalue weighted by molar-refractivity contribution is -0.120. The second-order valence-electron chi connectivity index (χ2n) is 10.4. The van der Waals surface area contributed by atoms with Crippen LogP contribution in [0, 0.1) is 0 Å². The van der Waals surface area contributed by atoms with Crippen molar-refractivity contribution >= 4 is 23.4 Å². The Hall–Kier alpha value is -3.39. The number of hydrogen-bond donors (Lipinski definition) is 0. The first-order valence-corrected chi connectivity index (χ1v) is 14.0. The van der Waals surface area contributed by atoms with Crippen molar-refractivity contribution in [3.63, 3.8) is 0 Å². The maximum Gasteiger partial charge on any atom is 0.254 e. The van der Waals surface area contributed by atoms with Gasteiger partial charge in [0.25, 0.3) is 11.8 Å². The summed E-state index contributed by atoms with van der Waals surface area (Å²) in [6, 6.07) is 14.4. The molecule has 0 radical (unpaired) electrons. The lowest BCUT2D eigenvalue weighted by Crippen LogP contribution is -2.52. The van der Waals surface area contributed by atoms with Gasteiger partial charge in [0, 0.05) is 49.5 Å². The molecule has 3 aliphatic rings. The second-order valence-corrected chi connectivity index (χ2v) is 10.4.